The molecule has 140 valence electrons. The average molecular weight is 414 g/mol. The van der Waals surface area contributed by atoms with Gasteiger partial charge in [-0.05, 0) is 30.4 Å². The number of hydrogen-bond acceptors (Lipinski definition) is 4. The van der Waals surface area contributed by atoms with Crippen LogP contribution < -0.4 is 5.32 Å². The van der Waals surface area contributed by atoms with Gasteiger partial charge in [-0.1, -0.05) is 56.0 Å². The highest BCUT2D eigenvalue weighted by Crippen LogP contribution is 2.37. The molecule has 0 bridgehead atoms. The summed E-state index contributed by atoms with van der Waals surface area (Å²) in [6.07, 6.45) is 3.27. The van der Waals surface area contributed by atoms with E-state index in [1.54, 1.807) is 18.2 Å². The number of esters is 1. The molecule has 1 fully saturated rings. The highest BCUT2D eigenvalue weighted by molar-refractivity contribution is 7.21. The fourth-order valence-corrected chi connectivity index (χ4v) is 5.08. The number of carbonyl (C=O) groups excluding carboxylic acids is 2. The van der Waals surface area contributed by atoms with E-state index < -0.39 is 5.97 Å². The summed E-state index contributed by atoms with van der Waals surface area (Å²) < 4.78 is 5.99. The average Bonchev–Trinajstić information content (AvgIpc) is 2.93. The van der Waals surface area contributed by atoms with Crippen molar-refractivity contribution in [3.05, 3.63) is 33.1 Å². The Morgan fingerprint density at radius 1 is 1.27 bits per heavy atom. The molecule has 3 rings (SSSR count). The molecule has 0 spiro atoms. The van der Waals surface area contributed by atoms with Gasteiger partial charge in [0, 0.05) is 21.2 Å². The minimum atomic E-state index is -0.590. The van der Waals surface area contributed by atoms with Crippen LogP contribution in [0.15, 0.2) is 18.2 Å². The van der Waals surface area contributed by atoms with Crippen molar-refractivity contribution in [2.24, 2.45) is 11.8 Å². The number of carbonyl (C=O) groups is 2. The van der Waals surface area contributed by atoms with Crippen LogP contribution in [0.25, 0.3) is 10.1 Å². The molecule has 1 aromatic carbocycles. The third kappa shape index (κ3) is 4.16. The van der Waals surface area contributed by atoms with Crippen LogP contribution in [0.1, 0.15) is 42.8 Å². The fourth-order valence-electron chi connectivity index (χ4n) is 3.40. The van der Waals surface area contributed by atoms with E-state index >= 15 is 0 Å². The maximum absolute atomic E-state index is 12.3. The second kappa shape index (κ2) is 8.15. The molecule has 1 amide bonds. The van der Waals surface area contributed by atoms with Gasteiger partial charge in [0.2, 0.25) is 0 Å². The molecule has 7 heteroatoms. The van der Waals surface area contributed by atoms with Crippen molar-refractivity contribution in [2.75, 3.05) is 6.61 Å². The number of amides is 1. The number of fused-ring (bicyclic) bond motifs is 1. The Balaban J connectivity index is 1.60. The zero-order valence-electron chi connectivity index (χ0n) is 14.7. The zero-order valence-corrected chi connectivity index (χ0v) is 17.0. The number of benzene rings is 1. The largest absolute Gasteiger partial charge is 0.451 e. The van der Waals surface area contributed by atoms with Crippen molar-refractivity contribution in [1.82, 2.24) is 5.32 Å². The van der Waals surface area contributed by atoms with Crippen LogP contribution in [-0.2, 0) is 9.53 Å². The lowest BCUT2D eigenvalue weighted by molar-refractivity contribution is -0.125. The van der Waals surface area contributed by atoms with Crippen molar-refractivity contribution in [1.29, 1.82) is 0 Å². The lowest BCUT2D eigenvalue weighted by Crippen LogP contribution is -2.45. The molecule has 26 heavy (non-hydrogen) atoms. The van der Waals surface area contributed by atoms with Crippen molar-refractivity contribution in [3.63, 3.8) is 0 Å². The SMILES string of the molecule is C[C@@H]1[C@H](C)CCC[C@@H]1NC(=O)COC(=O)c1sc2cc(Cl)ccc2c1Cl. The number of ether oxygens (including phenoxy) is 1. The lowest BCUT2D eigenvalue weighted by atomic mass is 9.78. The number of nitrogens with one attached hydrogen (secondary N) is 1. The van der Waals surface area contributed by atoms with E-state index in [1.165, 1.54) is 17.8 Å². The number of thiophene rings is 1. The Hall–Kier alpha value is -1.30. The Bertz CT molecular complexity index is 836. The maximum atomic E-state index is 12.3. The monoisotopic (exact) mass is 413 g/mol. The first kappa shape index (κ1) is 19.5. The molecule has 0 unspecified atom stereocenters. The molecule has 3 atom stereocenters. The van der Waals surface area contributed by atoms with Gasteiger partial charge in [0.15, 0.2) is 6.61 Å². The molecule has 1 aliphatic rings. The number of hydrogen-bond donors (Lipinski definition) is 1. The van der Waals surface area contributed by atoms with Gasteiger partial charge in [0.25, 0.3) is 5.91 Å². The predicted molar refractivity (Wildman–Crippen MR) is 106 cm³/mol. The van der Waals surface area contributed by atoms with E-state index in [0.29, 0.717) is 21.9 Å². The lowest BCUT2D eigenvalue weighted by Gasteiger charge is -2.34. The van der Waals surface area contributed by atoms with Gasteiger partial charge in [0.05, 0.1) is 5.02 Å². The van der Waals surface area contributed by atoms with Gasteiger partial charge in [-0.3, -0.25) is 4.79 Å². The summed E-state index contributed by atoms with van der Waals surface area (Å²) >= 11 is 13.5. The van der Waals surface area contributed by atoms with E-state index in [4.69, 9.17) is 27.9 Å². The van der Waals surface area contributed by atoms with Crippen LogP contribution in [0, 0.1) is 11.8 Å². The highest BCUT2D eigenvalue weighted by atomic mass is 35.5. The molecule has 2 aromatic rings. The Morgan fingerprint density at radius 3 is 2.81 bits per heavy atom. The Morgan fingerprint density at radius 2 is 2.04 bits per heavy atom. The second-order valence-corrected chi connectivity index (χ2v) is 8.77. The van der Waals surface area contributed by atoms with Crippen LogP contribution in [0.5, 0.6) is 0 Å². The third-order valence-electron chi connectivity index (χ3n) is 5.16. The molecule has 1 aliphatic carbocycles. The van der Waals surface area contributed by atoms with E-state index in [2.05, 4.69) is 19.2 Å². The molecule has 1 aromatic heterocycles. The summed E-state index contributed by atoms with van der Waals surface area (Å²) in [5.41, 5.74) is 0. The summed E-state index contributed by atoms with van der Waals surface area (Å²) in [7, 11) is 0. The quantitative estimate of drug-likeness (QED) is 0.691. The minimum absolute atomic E-state index is 0.139. The number of halogens is 2. The van der Waals surface area contributed by atoms with Crippen LogP contribution in [0.2, 0.25) is 10.0 Å². The molecular formula is C19H21Cl2NO3S. The fraction of sp³-hybridized carbons (Fsp3) is 0.474. The van der Waals surface area contributed by atoms with Crippen molar-refractivity contribution in [2.45, 2.75) is 39.2 Å². The predicted octanol–water partition coefficient (Wildman–Crippen LogP) is 5.31. The van der Waals surface area contributed by atoms with Crippen molar-refractivity contribution >= 4 is 56.5 Å². The zero-order chi connectivity index (χ0) is 18.8. The summed E-state index contributed by atoms with van der Waals surface area (Å²) in [6.45, 7) is 4.06. The van der Waals surface area contributed by atoms with Crippen molar-refractivity contribution < 1.29 is 14.3 Å². The maximum Gasteiger partial charge on any atom is 0.350 e. The Kier molecular flexibility index (Phi) is 6.10. The molecule has 0 aliphatic heterocycles. The normalized spacial score (nSPS) is 23.0. The Labute approximate surface area is 166 Å². The van der Waals surface area contributed by atoms with Crippen LogP contribution in [0.4, 0.5) is 0 Å². The van der Waals surface area contributed by atoms with Crippen LogP contribution in [0.3, 0.4) is 0 Å². The van der Waals surface area contributed by atoms with Gasteiger partial charge in [-0.15, -0.1) is 11.3 Å². The van der Waals surface area contributed by atoms with Gasteiger partial charge in [0.1, 0.15) is 4.88 Å². The van der Waals surface area contributed by atoms with Crippen LogP contribution in [-0.4, -0.2) is 24.5 Å². The van der Waals surface area contributed by atoms with E-state index in [9.17, 15) is 9.59 Å². The standard InChI is InChI=1S/C19H21Cl2NO3S/c1-10-4-3-5-14(11(10)2)22-16(23)9-25-19(24)18-17(21)13-7-6-12(20)8-15(13)26-18/h6-8,10-11,14H,3-5,9H2,1-2H3,(H,22,23)/t10-,11-,14+/m1/s1. The summed E-state index contributed by atoms with van der Waals surface area (Å²) in [5.74, 6) is 0.142. The molecule has 0 radical (unpaired) electrons. The first-order valence-electron chi connectivity index (χ1n) is 8.71. The minimum Gasteiger partial charge on any atom is -0.451 e. The van der Waals surface area contributed by atoms with Gasteiger partial charge in [-0.25, -0.2) is 4.79 Å². The van der Waals surface area contributed by atoms with E-state index in [0.717, 1.165) is 22.9 Å². The molecule has 4 nitrogen and oxygen atoms in total. The molecular weight excluding hydrogens is 393 g/mol. The van der Waals surface area contributed by atoms with Gasteiger partial charge < -0.3 is 10.1 Å². The van der Waals surface area contributed by atoms with Crippen molar-refractivity contribution in [3.8, 4) is 0 Å². The smallest absolute Gasteiger partial charge is 0.350 e. The number of rotatable bonds is 4. The summed E-state index contributed by atoms with van der Waals surface area (Å²) in [6, 6.07) is 5.38. The van der Waals surface area contributed by atoms with Gasteiger partial charge in [-0.2, -0.15) is 0 Å². The molecule has 1 heterocycles. The van der Waals surface area contributed by atoms with E-state index in [-0.39, 0.29) is 23.4 Å². The van der Waals surface area contributed by atoms with Crippen LogP contribution >= 0.6 is 34.5 Å². The highest BCUT2D eigenvalue weighted by Gasteiger charge is 2.28. The first-order valence-corrected chi connectivity index (χ1v) is 10.3. The summed E-state index contributed by atoms with van der Waals surface area (Å²) in [4.78, 5) is 24.8. The molecule has 1 saturated carbocycles. The molecule has 0 saturated heterocycles. The topological polar surface area (TPSA) is 55.4 Å². The molecule has 1 N–H and O–H groups in total. The van der Waals surface area contributed by atoms with E-state index in [1.807, 2.05) is 0 Å². The third-order valence-corrected chi connectivity index (χ3v) is 7.04. The second-order valence-electron chi connectivity index (χ2n) is 6.90. The first-order chi connectivity index (χ1) is 12.4. The van der Waals surface area contributed by atoms with Gasteiger partial charge >= 0.3 is 5.97 Å². The summed E-state index contributed by atoms with van der Waals surface area (Å²) in [5, 5.41) is 4.65.